The lowest BCUT2D eigenvalue weighted by atomic mass is 10.2. The van der Waals surface area contributed by atoms with Crippen molar-refractivity contribution in [2.45, 2.75) is 19.8 Å². The van der Waals surface area contributed by atoms with E-state index < -0.39 is 0 Å². The van der Waals surface area contributed by atoms with E-state index in [0.717, 1.165) is 17.8 Å². The monoisotopic (exact) mass is 263 g/mol. The van der Waals surface area contributed by atoms with Crippen molar-refractivity contribution in [3.05, 3.63) is 28.9 Å². The van der Waals surface area contributed by atoms with Crippen molar-refractivity contribution in [3.63, 3.8) is 0 Å². The fourth-order valence-electron chi connectivity index (χ4n) is 1.39. The van der Waals surface area contributed by atoms with Gasteiger partial charge >= 0.3 is 0 Å². The molecule has 0 aliphatic rings. The summed E-state index contributed by atoms with van der Waals surface area (Å²) in [6.07, 6.45) is 3.40. The number of nitrogens with two attached hydrogens (primary N) is 1. The molecule has 0 saturated carbocycles. The Kier molecular flexibility index (Phi) is 3.83. The molecule has 3 N–H and O–H groups in total. The number of hydrogen-bond acceptors (Lipinski definition) is 6. The smallest absolute Gasteiger partial charge is 0.261 e. The molecule has 0 bridgehead atoms. The molecule has 0 radical (unpaired) electrons. The van der Waals surface area contributed by atoms with Gasteiger partial charge in [-0.3, -0.25) is 10.1 Å². The highest BCUT2D eigenvalue weighted by atomic mass is 32.1. The number of anilines is 2. The van der Waals surface area contributed by atoms with Gasteiger partial charge in [-0.25, -0.2) is 4.98 Å². The number of nitrogens with zero attached hydrogens (tertiary/aromatic N) is 3. The summed E-state index contributed by atoms with van der Waals surface area (Å²) in [7, 11) is 0. The van der Waals surface area contributed by atoms with Crippen LogP contribution in [0.25, 0.3) is 0 Å². The Morgan fingerprint density at radius 3 is 3.06 bits per heavy atom. The Balaban J connectivity index is 2.09. The minimum Gasteiger partial charge on any atom is -0.383 e. The summed E-state index contributed by atoms with van der Waals surface area (Å²) in [5.74, 6) is -0.118. The molecular weight excluding hydrogens is 250 g/mol. The van der Waals surface area contributed by atoms with Crippen LogP contribution >= 0.6 is 11.3 Å². The Bertz CT molecular complexity index is 554. The third-order valence-corrected chi connectivity index (χ3v) is 3.13. The molecule has 0 aliphatic heterocycles. The van der Waals surface area contributed by atoms with E-state index in [0.29, 0.717) is 10.7 Å². The van der Waals surface area contributed by atoms with Crippen molar-refractivity contribution in [1.29, 1.82) is 0 Å². The summed E-state index contributed by atoms with van der Waals surface area (Å²) in [5, 5.41) is 11.9. The van der Waals surface area contributed by atoms with Gasteiger partial charge in [0.15, 0.2) is 0 Å². The number of hydrogen-bond donors (Lipinski definition) is 2. The molecule has 0 saturated heterocycles. The molecule has 0 aromatic carbocycles. The highest BCUT2D eigenvalue weighted by molar-refractivity contribution is 7.15. The molecule has 0 spiro atoms. The van der Waals surface area contributed by atoms with Gasteiger partial charge < -0.3 is 5.73 Å². The van der Waals surface area contributed by atoms with Crippen LogP contribution in [0.15, 0.2) is 18.3 Å². The van der Waals surface area contributed by atoms with E-state index in [2.05, 4.69) is 27.4 Å². The van der Waals surface area contributed by atoms with Crippen LogP contribution in [-0.2, 0) is 6.42 Å². The maximum atomic E-state index is 11.9. The maximum absolute atomic E-state index is 11.9. The Labute approximate surface area is 108 Å². The standard InChI is InChI=1S/C11H13N5OS/c1-2-4-8-15-16-11(18-8)14-10(17)7-5-3-6-13-9(7)12/h3,5-6H,2,4H2,1H3,(H2,12,13)(H,14,16,17). The van der Waals surface area contributed by atoms with Crippen LogP contribution in [0.1, 0.15) is 28.7 Å². The molecule has 6 nitrogen and oxygen atoms in total. The van der Waals surface area contributed by atoms with Gasteiger partial charge in [0.25, 0.3) is 5.91 Å². The fourth-order valence-corrected chi connectivity index (χ4v) is 2.23. The number of nitrogen functional groups attached to an aromatic ring is 1. The molecule has 94 valence electrons. The van der Waals surface area contributed by atoms with Crippen LogP contribution in [0.5, 0.6) is 0 Å². The van der Waals surface area contributed by atoms with E-state index in [4.69, 9.17) is 5.73 Å². The van der Waals surface area contributed by atoms with Crippen molar-refractivity contribution in [3.8, 4) is 0 Å². The third kappa shape index (κ3) is 2.80. The van der Waals surface area contributed by atoms with Crippen molar-refractivity contribution >= 4 is 28.2 Å². The Morgan fingerprint density at radius 2 is 2.33 bits per heavy atom. The van der Waals surface area contributed by atoms with Crippen molar-refractivity contribution in [2.75, 3.05) is 11.1 Å². The summed E-state index contributed by atoms with van der Waals surface area (Å²) in [6, 6.07) is 3.28. The number of carbonyl (C=O) groups is 1. The first kappa shape index (κ1) is 12.4. The fraction of sp³-hybridized carbons (Fsp3) is 0.273. The number of rotatable bonds is 4. The summed E-state index contributed by atoms with van der Waals surface area (Å²) >= 11 is 1.37. The first-order valence-electron chi connectivity index (χ1n) is 5.55. The molecule has 2 rings (SSSR count). The lowest BCUT2D eigenvalue weighted by molar-refractivity contribution is 0.102. The van der Waals surface area contributed by atoms with Crippen LogP contribution < -0.4 is 11.1 Å². The van der Waals surface area contributed by atoms with Crippen molar-refractivity contribution in [1.82, 2.24) is 15.2 Å². The van der Waals surface area contributed by atoms with Gasteiger partial charge in [0.1, 0.15) is 10.8 Å². The van der Waals surface area contributed by atoms with Crippen molar-refractivity contribution < 1.29 is 4.79 Å². The average molecular weight is 263 g/mol. The Hall–Kier alpha value is -2.02. The third-order valence-electron chi connectivity index (χ3n) is 2.23. The van der Waals surface area contributed by atoms with Crippen LogP contribution in [0.4, 0.5) is 10.9 Å². The normalized spacial score (nSPS) is 10.3. The summed E-state index contributed by atoms with van der Waals surface area (Å²) in [5.41, 5.74) is 5.96. The maximum Gasteiger partial charge on any atom is 0.261 e. The quantitative estimate of drug-likeness (QED) is 0.876. The lowest BCUT2D eigenvalue weighted by Gasteiger charge is -2.02. The number of pyridine rings is 1. The second kappa shape index (κ2) is 5.54. The molecule has 0 fully saturated rings. The van der Waals surface area contributed by atoms with Gasteiger partial charge in [0, 0.05) is 12.6 Å². The Morgan fingerprint density at radius 1 is 1.50 bits per heavy atom. The van der Waals surface area contributed by atoms with Crippen LogP contribution in [0, 0.1) is 0 Å². The predicted octanol–water partition coefficient (Wildman–Crippen LogP) is 1.72. The molecule has 2 aromatic heterocycles. The summed E-state index contributed by atoms with van der Waals surface area (Å²) in [4.78, 5) is 15.8. The first-order chi connectivity index (χ1) is 8.70. The van der Waals surface area contributed by atoms with E-state index in [9.17, 15) is 4.79 Å². The van der Waals surface area contributed by atoms with Crippen molar-refractivity contribution in [2.24, 2.45) is 0 Å². The zero-order chi connectivity index (χ0) is 13.0. The van der Waals surface area contributed by atoms with Crippen LogP contribution in [-0.4, -0.2) is 21.1 Å². The molecule has 0 unspecified atom stereocenters. The van der Waals surface area contributed by atoms with Gasteiger partial charge in [-0.2, -0.15) is 0 Å². The molecule has 1 amide bonds. The topological polar surface area (TPSA) is 93.8 Å². The van der Waals surface area contributed by atoms with E-state index in [1.54, 1.807) is 12.1 Å². The van der Waals surface area contributed by atoms with Gasteiger partial charge in [0.2, 0.25) is 5.13 Å². The molecule has 2 heterocycles. The van der Waals surface area contributed by atoms with Gasteiger partial charge in [0.05, 0.1) is 5.56 Å². The van der Waals surface area contributed by atoms with Gasteiger partial charge in [-0.15, -0.1) is 10.2 Å². The molecular formula is C11H13N5OS. The number of carbonyl (C=O) groups excluding carboxylic acids is 1. The van der Waals surface area contributed by atoms with Crippen LogP contribution in [0.3, 0.4) is 0 Å². The zero-order valence-electron chi connectivity index (χ0n) is 9.88. The number of nitrogens with one attached hydrogen (secondary N) is 1. The van der Waals surface area contributed by atoms with E-state index >= 15 is 0 Å². The van der Waals surface area contributed by atoms with E-state index in [-0.39, 0.29) is 11.7 Å². The number of aryl methyl sites for hydroxylation is 1. The summed E-state index contributed by atoms with van der Waals surface area (Å²) < 4.78 is 0. The predicted molar refractivity (Wildman–Crippen MR) is 70.5 cm³/mol. The molecule has 0 aliphatic carbocycles. The number of amides is 1. The highest BCUT2D eigenvalue weighted by Crippen LogP contribution is 2.18. The lowest BCUT2D eigenvalue weighted by Crippen LogP contribution is -2.14. The minimum absolute atomic E-state index is 0.202. The molecule has 18 heavy (non-hydrogen) atoms. The van der Waals surface area contributed by atoms with Crippen LogP contribution in [0.2, 0.25) is 0 Å². The van der Waals surface area contributed by atoms with E-state index in [1.165, 1.54) is 17.5 Å². The largest absolute Gasteiger partial charge is 0.383 e. The molecule has 2 aromatic rings. The van der Waals surface area contributed by atoms with Gasteiger partial charge in [-0.1, -0.05) is 18.3 Å². The molecule has 7 heteroatoms. The SMILES string of the molecule is CCCc1nnc(NC(=O)c2cccnc2N)s1. The first-order valence-corrected chi connectivity index (χ1v) is 6.36. The highest BCUT2D eigenvalue weighted by Gasteiger charge is 2.12. The van der Waals surface area contributed by atoms with E-state index in [1.807, 2.05) is 0 Å². The average Bonchev–Trinajstić information content (AvgIpc) is 2.77. The van der Waals surface area contributed by atoms with Gasteiger partial charge in [-0.05, 0) is 18.6 Å². The summed E-state index contributed by atoms with van der Waals surface area (Å²) in [6.45, 7) is 2.07. The minimum atomic E-state index is -0.320. The molecule has 0 atom stereocenters. The second-order valence-corrected chi connectivity index (χ2v) is 4.70. The number of aromatic nitrogens is 3. The zero-order valence-corrected chi connectivity index (χ0v) is 10.7. The second-order valence-electron chi connectivity index (χ2n) is 3.64.